The quantitative estimate of drug-likeness (QED) is 0.206. The molecule has 0 aliphatic rings. The van der Waals surface area contributed by atoms with Crippen LogP contribution in [0, 0.1) is 32.7 Å². The lowest BCUT2D eigenvalue weighted by Gasteiger charge is -2.11. The van der Waals surface area contributed by atoms with Crippen LogP contribution in [0.5, 0.6) is 0 Å². The molecule has 27 heavy (non-hydrogen) atoms. The van der Waals surface area contributed by atoms with E-state index in [1.807, 2.05) is 6.92 Å². The standard InChI is InChI=1S/C21H14F5I/c1-2-3-15-17(23)9-12(10-18(15)24)11-4-5-13(16(22)8-11)14-6-7-19(27)21(26)20(14)25/h4-10H,2-3H2,1H3. The van der Waals surface area contributed by atoms with E-state index in [0.717, 1.165) is 18.2 Å². The number of rotatable bonds is 4. The van der Waals surface area contributed by atoms with Gasteiger partial charge in [0.2, 0.25) is 0 Å². The summed E-state index contributed by atoms with van der Waals surface area (Å²) in [5, 5.41) is 0. The third kappa shape index (κ3) is 3.85. The highest BCUT2D eigenvalue weighted by molar-refractivity contribution is 14.1. The average molecular weight is 488 g/mol. The Kier molecular flexibility index (Phi) is 5.83. The molecule has 0 radical (unpaired) electrons. The predicted octanol–water partition coefficient (Wildman–Crippen LogP) is 7.27. The molecule has 3 aromatic rings. The second-order valence-corrected chi connectivity index (χ2v) is 7.25. The summed E-state index contributed by atoms with van der Waals surface area (Å²) in [6.07, 6.45) is 0.859. The van der Waals surface area contributed by atoms with Crippen molar-refractivity contribution in [2.24, 2.45) is 0 Å². The van der Waals surface area contributed by atoms with E-state index in [4.69, 9.17) is 0 Å². The summed E-state index contributed by atoms with van der Waals surface area (Å²) in [4.78, 5) is 0. The number of benzene rings is 3. The maximum atomic E-state index is 14.6. The van der Waals surface area contributed by atoms with Crippen LogP contribution in [-0.4, -0.2) is 0 Å². The van der Waals surface area contributed by atoms with E-state index in [9.17, 15) is 22.0 Å². The fourth-order valence-electron chi connectivity index (χ4n) is 2.91. The van der Waals surface area contributed by atoms with E-state index >= 15 is 0 Å². The smallest absolute Gasteiger partial charge is 0.172 e. The highest BCUT2D eigenvalue weighted by atomic mass is 127. The minimum atomic E-state index is -1.14. The van der Waals surface area contributed by atoms with Crippen molar-refractivity contribution in [2.45, 2.75) is 19.8 Å². The molecule has 0 fully saturated rings. The monoisotopic (exact) mass is 488 g/mol. The van der Waals surface area contributed by atoms with Crippen molar-refractivity contribution in [3.8, 4) is 22.3 Å². The van der Waals surface area contributed by atoms with Crippen LogP contribution < -0.4 is 0 Å². The maximum absolute atomic E-state index is 14.6. The molecule has 3 aromatic carbocycles. The Hall–Kier alpha value is -1.96. The van der Waals surface area contributed by atoms with Gasteiger partial charge >= 0.3 is 0 Å². The largest absolute Gasteiger partial charge is 0.207 e. The van der Waals surface area contributed by atoms with Gasteiger partial charge in [0, 0.05) is 16.7 Å². The highest BCUT2D eigenvalue weighted by Gasteiger charge is 2.17. The zero-order valence-electron chi connectivity index (χ0n) is 14.2. The van der Waals surface area contributed by atoms with Crippen LogP contribution in [0.25, 0.3) is 22.3 Å². The van der Waals surface area contributed by atoms with Gasteiger partial charge in [-0.25, -0.2) is 22.0 Å². The van der Waals surface area contributed by atoms with Crippen molar-refractivity contribution in [1.29, 1.82) is 0 Å². The van der Waals surface area contributed by atoms with Gasteiger partial charge in [-0.2, -0.15) is 0 Å². The number of hydrogen-bond acceptors (Lipinski definition) is 0. The van der Waals surface area contributed by atoms with Crippen molar-refractivity contribution in [2.75, 3.05) is 0 Å². The first kappa shape index (κ1) is 19.8. The molecular formula is C21H14F5I. The average Bonchev–Trinajstić information content (AvgIpc) is 2.63. The van der Waals surface area contributed by atoms with Crippen LogP contribution in [0.1, 0.15) is 18.9 Å². The van der Waals surface area contributed by atoms with Gasteiger partial charge in [-0.05, 0) is 64.4 Å². The van der Waals surface area contributed by atoms with Crippen molar-refractivity contribution in [3.05, 3.63) is 80.7 Å². The van der Waals surface area contributed by atoms with Gasteiger partial charge in [-0.15, -0.1) is 0 Å². The molecule has 0 spiro atoms. The molecule has 140 valence electrons. The topological polar surface area (TPSA) is 0 Å². The van der Waals surface area contributed by atoms with E-state index in [0.29, 0.717) is 6.42 Å². The normalized spacial score (nSPS) is 11.1. The van der Waals surface area contributed by atoms with Gasteiger partial charge in [0.05, 0.1) is 3.57 Å². The Morgan fingerprint density at radius 1 is 0.704 bits per heavy atom. The Bertz CT molecular complexity index is 991. The van der Waals surface area contributed by atoms with E-state index in [1.165, 1.54) is 24.3 Å². The van der Waals surface area contributed by atoms with Crippen LogP contribution in [-0.2, 0) is 6.42 Å². The lowest BCUT2D eigenvalue weighted by Crippen LogP contribution is -1.97. The molecule has 0 saturated heterocycles. The minimum absolute atomic E-state index is 0.00484. The van der Waals surface area contributed by atoms with E-state index in [1.54, 1.807) is 22.6 Å². The predicted molar refractivity (Wildman–Crippen MR) is 104 cm³/mol. The van der Waals surface area contributed by atoms with Crippen molar-refractivity contribution >= 4 is 22.6 Å². The molecule has 0 saturated carbocycles. The van der Waals surface area contributed by atoms with E-state index < -0.39 is 29.1 Å². The molecule has 0 amide bonds. The Labute approximate surface area is 167 Å². The first-order chi connectivity index (χ1) is 12.8. The highest BCUT2D eigenvalue weighted by Crippen LogP contribution is 2.32. The summed E-state index contributed by atoms with van der Waals surface area (Å²) >= 11 is 1.64. The summed E-state index contributed by atoms with van der Waals surface area (Å²) in [5.74, 6) is -4.39. The number of hydrogen-bond donors (Lipinski definition) is 0. The van der Waals surface area contributed by atoms with Crippen molar-refractivity contribution in [3.63, 3.8) is 0 Å². The summed E-state index contributed by atoms with van der Waals surface area (Å²) < 4.78 is 70.8. The van der Waals surface area contributed by atoms with Crippen molar-refractivity contribution < 1.29 is 22.0 Å². The SMILES string of the molecule is CCCc1c(F)cc(-c2ccc(-c3ccc(I)c(F)c3F)c(F)c2)cc1F. The third-order valence-electron chi connectivity index (χ3n) is 4.27. The fourth-order valence-corrected chi connectivity index (χ4v) is 3.32. The van der Waals surface area contributed by atoms with Crippen LogP contribution in [0.15, 0.2) is 42.5 Å². The Balaban J connectivity index is 2.05. The maximum Gasteiger partial charge on any atom is 0.172 e. The van der Waals surface area contributed by atoms with Gasteiger partial charge < -0.3 is 0 Å². The van der Waals surface area contributed by atoms with Gasteiger partial charge in [0.15, 0.2) is 11.6 Å². The first-order valence-electron chi connectivity index (χ1n) is 8.25. The van der Waals surface area contributed by atoms with Gasteiger partial charge in [-0.3, -0.25) is 0 Å². The summed E-state index contributed by atoms with van der Waals surface area (Å²) in [7, 11) is 0. The molecule has 0 heterocycles. The van der Waals surface area contributed by atoms with Crippen molar-refractivity contribution in [1.82, 2.24) is 0 Å². The van der Waals surface area contributed by atoms with Gasteiger partial charge in [-0.1, -0.05) is 31.5 Å². The molecule has 0 aliphatic carbocycles. The zero-order chi connectivity index (χ0) is 19.7. The van der Waals surface area contributed by atoms with Crippen LogP contribution in [0.3, 0.4) is 0 Å². The summed E-state index contributed by atoms with van der Waals surface area (Å²) in [5.41, 5.74) is 0.0607. The van der Waals surface area contributed by atoms with Crippen LogP contribution in [0.2, 0.25) is 0 Å². The number of halogens is 6. The second-order valence-electron chi connectivity index (χ2n) is 6.09. The lowest BCUT2D eigenvalue weighted by molar-refractivity contribution is 0.505. The second kappa shape index (κ2) is 7.96. The lowest BCUT2D eigenvalue weighted by atomic mass is 9.97. The summed E-state index contributed by atoms with van der Waals surface area (Å²) in [6, 6.07) is 8.67. The molecule has 0 N–H and O–H groups in total. The van der Waals surface area contributed by atoms with E-state index in [2.05, 4.69) is 0 Å². The van der Waals surface area contributed by atoms with Crippen LogP contribution in [0.4, 0.5) is 22.0 Å². The van der Waals surface area contributed by atoms with E-state index in [-0.39, 0.29) is 37.8 Å². The third-order valence-corrected chi connectivity index (χ3v) is 5.10. The first-order valence-corrected chi connectivity index (χ1v) is 9.33. The molecule has 0 unspecified atom stereocenters. The molecule has 3 rings (SSSR count). The molecular weight excluding hydrogens is 474 g/mol. The zero-order valence-corrected chi connectivity index (χ0v) is 16.4. The van der Waals surface area contributed by atoms with Gasteiger partial charge in [0.1, 0.15) is 17.5 Å². The van der Waals surface area contributed by atoms with Gasteiger partial charge in [0.25, 0.3) is 0 Å². The molecule has 0 bridgehead atoms. The summed E-state index contributed by atoms with van der Waals surface area (Å²) in [6.45, 7) is 1.81. The Morgan fingerprint density at radius 3 is 1.89 bits per heavy atom. The molecule has 0 aliphatic heterocycles. The Morgan fingerprint density at radius 2 is 1.30 bits per heavy atom. The molecule has 0 nitrogen and oxygen atoms in total. The minimum Gasteiger partial charge on any atom is -0.207 e. The fraction of sp³-hybridized carbons (Fsp3) is 0.143. The molecule has 0 atom stereocenters. The molecule has 0 aromatic heterocycles. The molecule has 6 heteroatoms. The van der Waals surface area contributed by atoms with Crippen LogP contribution >= 0.6 is 22.6 Å².